The molecule has 1 aliphatic heterocycles. The summed E-state index contributed by atoms with van der Waals surface area (Å²) in [5.74, 6) is 1.02. The lowest BCUT2D eigenvalue weighted by molar-refractivity contribution is -0.126. The number of nitrogens with one attached hydrogen (secondary N) is 1. The van der Waals surface area contributed by atoms with E-state index in [-0.39, 0.29) is 11.7 Å². The lowest BCUT2D eigenvalue weighted by Gasteiger charge is -2.31. The summed E-state index contributed by atoms with van der Waals surface area (Å²) in [6, 6.07) is 11.7. The van der Waals surface area contributed by atoms with E-state index in [1.165, 1.54) is 0 Å². The van der Waals surface area contributed by atoms with Crippen LogP contribution in [-0.4, -0.2) is 16.7 Å². The second kappa shape index (κ2) is 5.52. The molecule has 1 N–H and O–H groups in total. The highest BCUT2D eigenvalue weighted by Gasteiger charge is 2.57. The third kappa shape index (κ3) is 2.27. The van der Waals surface area contributed by atoms with Crippen LogP contribution in [0.15, 0.2) is 54.7 Å². The van der Waals surface area contributed by atoms with Gasteiger partial charge in [0.15, 0.2) is 0 Å². The van der Waals surface area contributed by atoms with Gasteiger partial charge < -0.3 is 10.2 Å². The van der Waals surface area contributed by atoms with E-state index in [0.29, 0.717) is 13.0 Å². The number of hydrogen-bond donors (Lipinski definition) is 1. The van der Waals surface area contributed by atoms with Crippen molar-refractivity contribution in [3.05, 3.63) is 60.3 Å². The average Bonchev–Trinajstić information content (AvgIpc) is 3.22. The Morgan fingerprint density at radius 2 is 1.85 bits per heavy atom. The number of fused-ring (bicyclic) bond motifs is 4. The number of nitrogens with zero attached hydrogens (tertiary/aromatic N) is 2. The highest BCUT2D eigenvalue weighted by Crippen LogP contribution is 2.58. The first-order chi connectivity index (χ1) is 13.0. The van der Waals surface area contributed by atoms with Gasteiger partial charge in [0, 0.05) is 17.2 Å². The topological polar surface area (TPSA) is 62.3 Å². The predicted octanol–water partition coefficient (Wildman–Crippen LogP) is 3.99. The molecule has 5 rings (SSSR count). The van der Waals surface area contributed by atoms with E-state index < -0.39 is 10.8 Å². The number of carbonyl (C=O) groups excluding carboxylic acids is 2. The van der Waals surface area contributed by atoms with E-state index in [1.807, 2.05) is 53.5 Å². The van der Waals surface area contributed by atoms with Gasteiger partial charge in [0.05, 0.1) is 23.3 Å². The SMILES string of the molecule is CC(=O)C12C=CC(C(=O)N3Cc4cccnc4Nc4ccccc43)(CC1)C2. The molecule has 1 aromatic carbocycles. The molecule has 2 aliphatic carbocycles. The van der Waals surface area contributed by atoms with Crippen molar-refractivity contribution >= 4 is 28.9 Å². The molecule has 27 heavy (non-hydrogen) atoms. The second-order valence-electron chi connectivity index (χ2n) is 7.92. The maximum Gasteiger partial charge on any atom is 0.237 e. The maximum atomic E-state index is 13.8. The Morgan fingerprint density at radius 1 is 1.07 bits per heavy atom. The van der Waals surface area contributed by atoms with E-state index >= 15 is 0 Å². The van der Waals surface area contributed by atoms with Gasteiger partial charge in [-0.1, -0.05) is 30.4 Å². The second-order valence-corrected chi connectivity index (χ2v) is 7.92. The number of Topliss-reactive ketones (excluding diaryl/α,β-unsaturated/α-hetero) is 1. The summed E-state index contributed by atoms with van der Waals surface area (Å²) in [6.07, 6.45) is 7.81. The number of benzene rings is 1. The quantitative estimate of drug-likeness (QED) is 0.824. The van der Waals surface area contributed by atoms with Crippen molar-refractivity contribution in [3.8, 4) is 0 Å². The van der Waals surface area contributed by atoms with Crippen LogP contribution in [-0.2, 0) is 16.1 Å². The smallest absolute Gasteiger partial charge is 0.237 e. The molecule has 2 atom stereocenters. The molecule has 1 fully saturated rings. The number of para-hydroxylation sites is 2. The van der Waals surface area contributed by atoms with Crippen molar-refractivity contribution in [2.75, 3.05) is 10.2 Å². The van der Waals surface area contributed by atoms with Crippen LogP contribution in [0.5, 0.6) is 0 Å². The largest absolute Gasteiger partial charge is 0.338 e. The summed E-state index contributed by atoms with van der Waals surface area (Å²) < 4.78 is 0. The molecule has 1 aromatic heterocycles. The lowest BCUT2D eigenvalue weighted by atomic mass is 9.83. The minimum atomic E-state index is -0.578. The lowest BCUT2D eigenvalue weighted by Crippen LogP contribution is -2.41. The molecule has 0 spiro atoms. The van der Waals surface area contributed by atoms with Crippen molar-refractivity contribution < 1.29 is 9.59 Å². The summed E-state index contributed by atoms with van der Waals surface area (Å²) in [5, 5.41) is 3.37. The first kappa shape index (κ1) is 16.2. The van der Waals surface area contributed by atoms with Crippen molar-refractivity contribution in [2.24, 2.45) is 10.8 Å². The molecule has 0 saturated heterocycles. The molecule has 2 heterocycles. The van der Waals surface area contributed by atoms with Gasteiger partial charge in [-0.3, -0.25) is 9.59 Å². The summed E-state index contributed by atoms with van der Waals surface area (Å²) in [4.78, 5) is 32.3. The Bertz CT molecular complexity index is 999. The van der Waals surface area contributed by atoms with Crippen LogP contribution in [0.4, 0.5) is 17.2 Å². The first-order valence-corrected chi connectivity index (χ1v) is 9.36. The molecular weight excluding hydrogens is 338 g/mol. The Hall–Kier alpha value is -2.95. The van der Waals surface area contributed by atoms with Gasteiger partial charge in [0.25, 0.3) is 0 Å². The summed E-state index contributed by atoms with van der Waals surface area (Å²) in [6.45, 7) is 2.11. The molecule has 2 aromatic rings. The van der Waals surface area contributed by atoms with E-state index in [9.17, 15) is 9.59 Å². The highest BCUT2D eigenvalue weighted by atomic mass is 16.2. The molecule has 136 valence electrons. The van der Waals surface area contributed by atoms with Gasteiger partial charge in [0.1, 0.15) is 11.6 Å². The number of hydrogen-bond acceptors (Lipinski definition) is 4. The van der Waals surface area contributed by atoms with Crippen molar-refractivity contribution in [1.82, 2.24) is 4.98 Å². The number of pyridine rings is 1. The van der Waals surface area contributed by atoms with Gasteiger partial charge in [-0.05, 0) is 44.4 Å². The predicted molar refractivity (Wildman–Crippen MR) is 104 cm³/mol. The van der Waals surface area contributed by atoms with Gasteiger partial charge in [-0.25, -0.2) is 4.98 Å². The number of rotatable bonds is 2. The number of allylic oxidation sites excluding steroid dienone is 1. The highest BCUT2D eigenvalue weighted by molar-refractivity contribution is 6.04. The maximum absolute atomic E-state index is 13.8. The fourth-order valence-corrected chi connectivity index (χ4v) is 4.79. The fraction of sp³-hybridized carbons (Fsp3) is 0.318. The van der Waals surface area contributed by atoms with Crippen LogP contribution < -0.4 is 10.2 Å². The zero-order valence-electron chi connectivity index (χ0n) is 15.2. The average molecular weight is 359 g/mol. The minimum Gasteiger partial charge on any atom is -0.338 e. The Kier molecular flexibility index (Phi) is 3.32. The Labute approximate surface area is 158 Å². The number of amides is 1. The van der Waals surface area contributed by atoms with Crippen LogP contribution in [0.2, 0.25) is 0 Å². The van der Waals surface area contributed by atoms with E-state index in [1.54, 1.807) is 13.1 Å². The zero-order chi connectivity index (χ0) is 18.6. The van der Waals surface area contributed by atoms with E-state index in [2.05, 4.69) is 10.3 Å². The monoisotopic (exact) mass is 359 g/mol. The number of anilines is 3. The number of aromatic nitrogens is 1. The van der Waals surface area contributed by atoms with Gasteiger partial charge in [0.2, 0.25) is 5.91 Å². The van der Waals surface area contributed by atoms with Gasteiger partial charge in [-0.2, -0.15) is 0 Å². The standard InChI is InChI=1S/C22H21N3O2/c1-15(26)21-8-10-22(14-21,11-9-21)20(27)25-13-16-5-4-12-23-19(16)24-17-6-2-3-7-18(17)25/h2-8,10,12H,9,11,13-14H2,1H3,(H,23,24). The Balaban J connectivity index is 1.58. The van der Waals surface area contributed by atoms with Crippen molar-refractivity contribution in [1.29, 1.82) is 0 Å². The molecule has 1 amide bonds. The molecule has 5 heteroatoms. The third-order valence-electron chi connectivity index (χ3n) is 6.41. The van der Waals surface area contributed by atoms with Crippen LogP contribution >= 0.6 is 0 Å². The molecule has 2 bridgehead atoms. The normalized spacial score (nSPS) is 27.5. The van der Waals surface area contributed by atoms with Crippen LogP contribution in [0.3, 0.4) is 0 Å². The molecule has 3 aliphatic rings. The van der Waals surface area contributed by atoms with E-state index in [0.717, 1.165) is 35.6 Å². The molecule has 5 nitrogen and oxygen atoms in total. The minimum absolute atomic E-state index is 0.0744. The number of carbonyl (C=O) groups is 2. The fourth-order valence-electron chi connectivity index (χ4n) is 4.79. The third-order valence-corrected chi connectivity index (χ3v) is 6.41. The van der Waals surface area contributed by atoms with E-state index in [4.69, 9.17) is 0 Å². The summed E-state index contributed by atoms with van der Waals surface area (Å²) in [5.41, 5.74) is 1.69. The molecular formula is C22H21N3O2. The van der Waals surface area contributed by atoms with Crippen molar-refractivity contribution in [3.63, 3.8) is 0 Å². The van der Waals surface area contributed by atoms with Crippen LogP contribution in [0.25, 0.3) is 0 Å². The number of ketones is 1. The molecule has 1 saturated carbocycles. The summed E-state index contributed by atoms with van der Waals surface area (Å²) >= 11 is 0. The summed E-state index contributed by atoms with van der Waals surface area (Å²) in [7, 11) is 0. The van der Waals surface area contributed by atoms with Gasteiger partial charge >= 0.3 is 0 Å². The van der Waals surface area contributed by atoms with Gasteiger partial charge in [-0.15, -0.1) is 0 Å². The zero-order valence-corrected chi connectivity index (χ0v) is 15.2. The van der Waals surface area contributed by atoms with Crippen LogP contribution in [0, 0.1) is 10.8 Å². The molecule has 2 unspecified atom stereocenters. The Morgan fingerprint density at radius 3 is 2.59 bits per heavy atom. The van der Waals surface area contributed by atoms with Crippen molar-refractivity contribution in [2.45, 2.75) is 32.7 Å². The molecule has 0 radical (unpaired) electrons. The van der Waals surface area contributed by atoms with Crippen LogP contribution in [0.1, 0.15) is 31.7 Å². The first-order valence-electron chi connectivity index (χ1n) is 9.36.